The molecule has 3 aromatic rings. The molecule has 37 heavy (non-hydrogen) atoms. The number of methoxy groups -OCH3 is 1. The van der Waals surface area contributed by atoms with E-state index in [0.29, 0.717) is 40.4 Å². The molecule has 1 aliphatic carbocycles. The topological polar surface area (TPSA) is 94.9 Å². The van der Waals surface area contributed by atoms with E-state index >= 15 is 0 Å². The molecule has 1 aliphatic heterocycles. The summed E-state index contributed by atoms with van der Waals surface area (Å²) in [6.07, 6.45) is 2.84. The maximum Gasteiger partial charge on any atom is 0.262 e. The Morgan fingerprint density at radius 3 is 2.70 bits per heavy atom. The van der Waals surface area contributed by atoms with E-state index in [0.717, 1.165) is 52.1 Å². The number of halogens is 1. The quantitative estimate of drug-likeness (QED) is 0.404. The van der Waals surface area contributed by atoms with Gasteiger partial charge in [-0.3, -0.25) is 19.1 Å². The lowest BCUT2D eigenvalue weighted by molar-refractivity contribution is -0.121. The number of morpholine rings is 1. The van der Waals surface area contributed by atoms with Crippen LogP contribution in [0.1, 0.15) is 19.3 Å². The van der Waals surface area contributed by atoms with Crippen LogP contribution in [0.2, 0.25) is 0 Å². The summed E-state index contributed by atoms with van der Waals surface area (Å²) in [5, 5.41) is 3.39. The molecule has 1 N–H and O–H groups in total. The van der Waals surface area contributed by atoms with Crippen LogP contribution in [0, 0.1) is 0 Å². The molecule has 2 heterocycles. The maximum atomic E-state index is 13.6. The third kappa shape index (κ3) is 6.80. The Morgan fingerprint density at radius 2 is 1.95 bits per heavy atom. The predicted molar refractivity (Wildman–Crippen MR) is 144 cm³/mol. The first kappa shape index (κ1) is 26.9. The molecule has 1 saturated heterocycles. The largest absolute Gasteiger partial charge is 0.497 e. The Balaban J connectivity index is 0.00000320. The van der Waals surface area contributed by atoms with Crippen LogP contribution in [0.4, 0.5) is 0 Å². The van der Waals surface area contributed by atoms with Crippen molar-refractivity contribution >= 4 is 29.2 Å². The van der Waals surface area contributed by atoms with Crippen LogP contribution in [0.3, 0.4) is 0 Å². The van der Waals surface area contributed by atoms with Crippen molar-refractivity contribution < 1.29 is 19.0 Å². The van der Waals surface area contributed by atoms with Crippen molar-refractivity contribution in [2.45, 2.75) is 31.8 Å². The first-order chi connectivity index (χ1) is 17.6. The summed E-state index contributed by atoms with van der Waals surface area (Å²) in [5.74, 6) is 1.50. The Kier molecular flexibility index (Phi) is 9.02. The zero-order valence-corrected chi connectivity index (χ0v) is 21.8. The van der Waals surface area contributed by atoms with E-state index in [2.05, 4.69) is 10.2 Å². The highest BCUT2D eigenvalue weighted by Gasteiger charge is 2.24. The number of hydrogen-bond acceptors (Lipinski definition) is 7. The van der Waals surface area contributed by atoms with Crippen molar-refractivity contribution in [3.8, 4) is 22.9 Å². The molecule has 1 aromatic heterocycles. The summed E-state index contributed by atoms with van der Waals surface area (Å²) in [4.78, 5) is 33.5. The molecule has 0 bridgehead atoms. The van der Waals surface area contributed by atoms with E-state index in [-0.39, 0.29) is 36.5 Å². The van der Waals surface area contributed by atoms with Crippen molar-refractivity contribution in [2.75, 3.05) is 46.6 Å². The number of nitrogens with zero attached hydrogens (tertiary/aromatic N) is 3. The van der Waals surface area contributed by atoms with Gasteiger partial charge in [0.25, 0.3) is 5.56 Å². The summed E-state index contributed by atoms with van der Waals surface area (Å²) in [7, 11) is 1.59. The van der Waals surface area contributed by atoms with Crippen LogP contribution < -0.4 is 20.3 Å². The number of fused-ring (bicyclic) bond motifs is 1. The molecule has 198 valence electrons. The van der Waals surface area contributed by atoms with Crippen LogP contribution >= 0.6 is 12.4 Å². The van der Waals surface area contributed by atoms with Crippen LogP contribution in [-0.4, -0.2) is 73.0 Å². The lowest BCUT2D eigenvalue weighted by Gasteiger charge is -2.26. The number of carbonyl (C=O) groups excluding carboxylic acids is 1. The van der Waals surface area contributed by atoms with Crippen molar-refractivity contribution in [2.24, 2.45) is 0 Å². The van der Waals surface area contributed by atoms with Gasteiger partial charge in [-0.05, 0) is 49.6 Å². The van der Waals surface area contributed by atoms with Gasteiger partial charge in [-0.25, -0.2) is 4.98 Å². The standard InChI is InChI=1S/C27H32N4O5.ClH/c1-34-21-5-2-4-19(16-21)26-29-24-9-8-22(36-13-3-10-30-11-14-35-15-12-30)17-23(24)27(33)31(26)18-25(32)28-20-6-7-20;/h2,4-5,8-9,16-17,20H,3,6-7,10-15,18H2,1H3,(H,28,32);1H. The Labute approximate surface area is 222 Å². The highest BCUT2D eigenvalue weighted by Crippen LogP contribution is 2.25. The Bertz CT molecular complexity index is 1290. The molecule has 0 radical (unpaired) electrons. The van der Waals surface area contributed by atoms with Crippen LogP contribution in [0.5, 0.6) is 11.5 Å². The smallest absolute Gasteiger partial charge is 0.262 e. The van der Waals surface area contributed by atoms with Crippen molar-refractivity contribution in [1.29, 1.82) is 0 Å². The first-order valence-electron chi connectivity index (χ1n) is 12.5. The van der Waals surface area contributed by atoms with E-state index in [9.17, 15) is 9.59 Å². The van der Waals surface area contributed by atoms with Crippen LogP contribution in [0.15, 0.2) is 47.3 Å². The molecule has 2 aliphatic rings. The second-order valence-electron chi connectivity index (χ2n) is 9.24. The molecular weight excluding hydrogens is 496 g/mol. The van der Waals surface area contributed by atoms with Gasteiger partial charge in [0.1, 0.15) is 23.9 Å². The van der Waals surface area contributed by atoms with Crippen molar-refractivity contribution in [3.05, 3.63) is 52.8 Å². The van der Waals surface area contributed by atoms with Gasteiger partial charge < -0.3 is 19.5 Å². The van der Waals surface area contributed by atoms with Gasteiger partial charge in [-0.2, -0.15) is 0 Å². The third-order valence-corrected chi connectivity index (χ3v) is 6.49. The molecule has 0 unspecified atom stereocenters. The first-order valence-corrected chi connectivity index (χ1v) is 12.5. The number of nitrogens with one attached hydrogen (secondary N) is 1. The third-order valence-electron chi connectivity index (χ3n) is 6.49. The SMILES string of the molecule is COc1cccc(-c2nc3ccc(OCCCN4CCOCC4)cc3c(=O)n2CC(=O)NC2CC2)c1.Cl. The van der Waals surface area contributed by atoms with E-state index in [1.807, 2.05) is 30.3 Å². The molecule has 1 amide bonds. The number of carbonyl (C=O) groups is 1. The fourth-order valence-corrected chi connectivity index (χ4v) is 4.37. The van der Waals surface area contributed by atoms with E-state index in [1.165, 1.54) is 4.57 Å². The fourth-order valence-electron chi connectivity index (χ4n) is 4.37. The zero-order valence-electron chi connectivity index (χ0n) is 21.0. The summed E-state index contributed by atoms with van der Waals surface area (Å²) >= 11 is 0. The summed E-state index contributed by atoms with van der Waals surface area (Å²) in [6.45, 7) is 4.86. The number of aromatic nitrogens is 2. The predicted octanol–water partition coefficient (Wildman–Crippen LogP) is 2.87. The second-order valence-corrected chi connectivity index (χ2v) is 9.24. The molecule has 10 heteroatoms. The number of benzene rings is 2. The summed E-state index contributed by atoms with van der Waals surface area (Å²) in [5.41, 5.74) is 0.982. The summed E-state index contributed by atoms with van der Waals surface area (Å²) in [6, 6.07) is 12.9. The van der Waals surface area contributed by atoms with Gasteiger partial charge in [0.2, 0.25) is 5.91 Å². The lowest BCUT2D eigenvalue weighted by Crippen LogP contribution is -2.37. The Hall–Kier alpha value is -3.14. The average molecular weight is 529 g/mol. The van der Waals surface area contributed by atoms with Gasteiger partial charge in [0.05, 0.1) is 37.8 Å². The number of hydrogen-bond donors (Lipinski definition) is 1. The van der Waals surface area contributed by atoms with Gasteiger partial charge in [0, 0.05) is 31.2 Å². The minimum atomic E-state index is -0.275. The molecular formula is C27H33ClN4O5. The molecule has 2 aromatic carbocycles. The molecule has 0 atom stereocenters. The van der Waals surface area contributed by atoms with E-state index in [4.69, 9.17) is 19.2 Å². The number of rotatable bonds is 10. The number of ether oxygens (including phenoxy) is 3. The molecule has 9 nitrogen and oxygen atoms in total. The van der Waals surface area contributed by atoms with Gasteiger partial charge >= 0.3 is 0 Å². The highest BCUT2D eigenvalue weighted by molar-refractivity contribution is 5.85. The minimum Gasteiger partial charge on any atom is -0.497 e. The Morgan fingerprint density at radius 1 is 1.14 bits per heavy atom. The van der Waals surface area contributed by atoms with E-state index < -0.39 is 0 Å². The van der Waals surface area contributed by atoms with Crippen molar-refractivity contribution in [3.63, 3.8) is 0 Å². The molecule has 0 spiro atoms. The highest BCUT2D eigenvalue weighted by atomic mass is 35.5. The van der Waals surface area contributed by atoms with Crippen LogP contribution in [0.25, 0.3) is 22.3 Å². The zero-order chi connectivity index (χ0) is 24.9. The average Bonchev–Trinajstić information content (AvgIpc) is 3.73. The molecule has 5 rings (SSSR count). The van der Waals surface area contributed by atoms with Crippen LogP contribution in [-0.2, 0) is 16.1 Å². The van der Waals surface area contributed by atoms with Gasteiger partial charge in [-0.1, -0.05) is 12.1 Å². The van der Waals surface area contributed by atoms with Gasteiger partial charge in [-0.15, -0.1) is 12.4 Å². The maximum absolute atomic E-state index is 13.6. The van der Waals surface area contributed by atoms with Gasteiger partial charge in [0.15, 0.2) is 0 Å². The monoisotopic (exact) mass is 528 g/mol. The van der Waals surface area contributed by atoms with Crippen molar-refractivity contribution in [1.82, 2.24) is 19.8 Å². The normalized spacial score (nSPS) is 15.7. The van der Waals surface area contributed by atoms with E-state index in [1.54, 1.807) is 19.2 Å². The molecule has 2 fully saturated rings. The number of amides is 1. The summed E-state index contributed by atoms with van der Waals surface area (Å²) < 4.78 is 18.1. The minimum absolute atomic E-state index is 0. The second kappa shape index (κ2) is 12.4. The lowest BCUT2D eigenvalue weighted by atomic mass is 10.1. The fraction of sp³-hybridized carbons (Fsp3) is 0.444. The molecule has 1 saturated carbocycles.